The molecule has 5 aromatic rings. The Bertz CT molecular complexity index is 1610. The van der Waals surface area contributed by atoms with Gasteiger partial charge in [0.25, 0.3) is 5.56 Å². The molecule has 2 aromatic heterocycles. The number of carbonyl (C=O) groups is 1. The highest BCUT2D eigenvalue weighted by Gasteiger charge is 2.20. The van der Waals surface area contributed by atoms with Gasteiger partial charge in [-0.1, -0.05) is 54.2 Å². The minimum Gasteiger partial charge on any atom is -0.351 e. The number of carbonyl (C=O) groups excluding carboxylic acids is 1. The van der Waals surface area contributed by atoms with Crippen LogP contribution in [0.25, 0.3) is 22.4 Å². The lowest BCUT2D eigenvalue weighted by Crippen LogP contribution is -2.25. The predicted octanol–water partition coefficient (Wildman–Crippen LogP) is 4.20. The maximum atomic E-state index is 13.6. The number of aryl methyl sites for hydroxylation is 2. The fourth-order valence-corrected chi connectivity index (χ4v) is 4.89. The highest BCUT2D eigenvalue weighted by molar-refractivity contribution is 7.99. The Morgan fingerprint density at radius 3 is 2.43 bits per heavy atom. The Morgan fingerprint density at radius 2 is 1.69 bits per heavy atom. The third-order valence-corrected chi connectivity index (χ3v) is 6.72. The van der Waals surface area contributed by atoms with Gasteiger partial charge in [0.05, 0.1) is 22.3 Å². The summed E-state index contributed by atoms with van der Waals surface area (Å²) < 4.78 is 16.5. The minimum absolute atomic E-state index is 0.110. The van der Waals surface area contributed by atoms with Crippen LogP contribution in [0.2, 0.25) is 0 Å². The van der Waals surface area contributed by atoms with Gasteiger partial charge in [0.2, 0.25) is 11.7 Å². The van der Waals surface area contributed by atoms with E-state index in [0.29, 0.717) is 28.4 Å². The van der Waals surface area contributed by atoms with Crippen molar-refractivity contribution in [1.82, 2.24) is 24.5 Å². The molecule has 35 heavy (non-hydrogen) atoms. The quantitative estimate of drug-likeness (QED) is 0.363. The molecule has 2 heterocycles. The monoisotopic (exact) mass is 487 g/mol. The molecule has 0 radical (unpaired) electrons. The number of hydrogen-bond acceptors (Lipinski definition) is 5. The van der Waals surface area contributed by atoms with Crippen molar-refractivity contribution in [2.75, 3.05) is 5.75 Å². The van der Waals surface area contributed by atoms with E-state index in [1.165, 1.54) is 23.9 Å². The summed E-state index contributed by atoms with van der Waals surface area (Å²) in [5.74, 6) is -0.0107. The summed E-state index contributed by atoms with van der Waals surface area (Å²) in [5, 5.41) is 12.6. The smallest absolute Gasteiger partial charge is 0.267 e. The van der Waals surface area contributed by atoms with Gasteiger partial charge in [-0.2, -0.15) is 0 Å². The van der Waals surface area contributed by atoms with Crippen LogP contribution in [0.5, 0.6) is 0 Å². The Balaban J connectivity index is 1.51. The summed E-state index contributed by atoms with van der Waals surface area (Å²) in [5.41, 5.74) is 3.97. The van der Waals surface area contributed by atoms with Crippen LogP contribution < -0.4 is 10.9 Å². The van der Waals surface area contributed by atoms with Crippen molar-refractivity contribution >= 4 is 34.3 Å². The van der Waals surface area contributed by atoms with Crippen LogP contribution in [0.1, 0.15) is 16.7 Å². The molecular weight excluding hydrogens is 465 g/mol. The van der Waals surface area contributed by atoms with Gasteiger partial charge in [0.1, 0.15) is 5.82 Å². The molecule has 0 bridgehead atoms. The van der Waals surface area contributed by atoms with Crippen LogP contribution in [0.4, 0.5) is 4.39 Å². The van der Waals surface area contributed by atoms with E-state index in [1.807, 2.05) is 54.6 Å². The molecule has 0 spiro atoms. The van der Waals surface area contributed by atoms with Crippen molar-refractivity contribution in [3.05, 3.63) is 99.6 Å². The molecule has 0 saturated heterocycles. The van der Waals surface area contributed by atoms with Gasteiger partial charge >= 0.3 is 0 Å². The summed E-state index contributed by atoms with van der Waals surface area (Å²) >= 11 is 1.24. The highest BCUT2D eigenvalue weighted by atomic mass is 32.2. The standard InChI is InChI=1S/C26H22FN5O2S/c1-16-6-5-7-17(2)23(16)32-24(34)20-8-3-4-9-21(20)31-25(32)29-30-26(31)35-15-22(33)28-14-18-10-12-19(27)13-11-18/h3-13H,14-15H2,1-2H3,(H,28,33). The zero-order chi connectivity index (χ0) is 24.5. The normalized spacial score (nSPS) is 11.3. The minimum atomic E-state index is -0.319. The van der Waals surface area contributed by atoms with Crippen molar-refractivity contribution in [2.24, 2.45) is 0 Å². The molecule has 3 aromatic carbocycles. The molecule has 7 nitrogen and oxygen atoms in total. The molecular formula is C26H22FN5O2S. The number of halogens is 1. The maximum Gasteiger partial charge on any atom is 0.267 e. The summed E-state index contributed by atoms with van der Waals surface area (Å²) in [6, 6.07) is 19.2. The lowest BCUT2D eigenvalue weighted by molar-refractivity contribution is -0.118. The summed E-state index contributed by atoms with van der Waals surface area (Å²) in [6.07, 6.45) is 0. The molecule has 176 valence electrons. The van der Waals surface area contributed by atoms with Gasteiger partial charge in [-0.05, 0) is 54.8 Å². The molecule has 0 aliphatic rings. The molecule has 0 atom stereocenters. The van der Waals surface area contributed by atoms with E-state index in [9.17, 15) is 14.0 Å². The summed E-state index contributed by atoms with van der Waals surface area (Å²) in [4.78, 5) is 26.0. The van der Waals surface area contributed by atoms with Crippen LogP contribution in [0.15, 0.2) is 76.7 Å². The fourth-order valence-electron chi connectivity index (χ4n) is 4.12. The molecule has 0 unspecified atom stereocenters. The average molecular weight is 488 g/mol. The van der Waals surface area contributed by atoms with Crippen LogP contribution >= 0.6 is 11.8 Å². The molecule has 0 saturated carbocycles. The highest BCUT2D eigenvalue weighted by Crippen LogP contribution is 2.25. The number of benzene rings is 3. The first-order valence-electron chi connectivity index (χ1n) is 11.0. The summed E-state index contributed by atoms with van der Waals surface area (Å²) in [7, 11) is 0. The van der Waals surface area contributed by atoms with E-state index >= 15 is 0 Å². The fraction of sp³-hybridized carbons (Fsp3) is 0.154. The maximum absolute atomic E-state index is 13.6. The zero-order valence-electron chi connectivity index (χ0n) is 19.2. The van der Waals surface area contributed by atoms with Gasteiger partial charge in [-0.3, -0.25) is 14.0 Å². The first kappa shape index (κ1) is 22.8. The molecule has 5 rings (SSSR count). The number of para-hydroxylation sites is 2. The van der Waals surface area contributed by atoms with E-state index in [4.69, 9.17) is 0 Å². The number of hydrogen-bond donors (Lipinski definition) is 1. The number of nitrogens with zero attached hydrogens (tertiary/aromatic N) is 4. The van der Waals surface area contributed by atoms with Crippen LogP contribution in [-0.2, 0) is 11.3 Å². The van der Waals surface area contributed by atoms with E-state index < -0.39 is 0 Å². The molecule has 0 aliphatic carbocycles. The van der Waals surface area contributed by atoms with E-state index in [1.54, 1.807) is 22.8 Å². The number of nitrogens with one attached hydrogen (secondary N) is 1. The zero-order valence-corrected chi connectivity index (χ0v) is 20.0. The number of rotatable bonds is 6. The Labute approximate surface area is 204 Å². The van der Waals surface area contributed by atoms with Crippen molar-refractivity contribution in [3.8, 4) is 5.69 Å². The van der Waals surface area contributed by atoms with Gasteiger partial charge in [-0.15, -0.1) is 10.2 Å². The topological polar surface area (TPSA) is 81.3 Å². The molecule has 9 heteroatoms. The Morgan fingerprint density at radius 1 is 0.971 bits per heavy atom. The lowest BCUT2D eigenvalue weighted by atomic mass is 10.1. The van der Waals surface area contributed by atoms with Crippen molar-refractivity contribution in [3.63, 3.8) is 0 Å². The lowest BCUT2D eigenvalue weighted by Gasteiger charge is -2.15. The summed E-state index contributed by atoms with van der Waals surface area (Å²) in [6.45, 7) is 4.21. The van der Waals surface area contributed by atoms with Crippen molar-refractivity contribution in [1.29, 1.82) is 0 Å². The van der Waals surface area contributed by atoms with Crippen LogP contribution in [0, 0.1) is 19.7 Å². The first-order valence-corrected chi connectivity index (χ1v) is 12.0. The Kier molecular flexibility index (Phi) is 6.08. The molecule has 0 aliphatic heterocycles. The number of fused-ring (bicyclic) bond motifs is 3. The van der Waals surface area contributed by atoms with Gasteiger partial charge in [0, 0.05) is 6.54 Å². The third kappa shape index (κ3) is 4.30. The second-order valence-electron chi connectivity index (χ2n) is 8.21. The third-order valence-electron chi connectivity index (χ3n) is 5.79. The van der Waals surface area contributed by atoms with Crippen LogP contribution in [-0.4, -0.2) is 30.8 Å². The Hall–Kier alpha value is -3.98. The largest absolute Gasteiger partial charge is 0.351 e. The van der Waals surface area contributed by atoms with Crippen molar-refractivity contribution in [2.45, 2.75) is 25.5 Å². The van der Waals surface area contributed by atoms with Gasteiger partial charge in [-0.25, -0.2) is 8.96 Å². The SMILES string of the molecule is Cc1cccc(C)c1-n1c(=O)c2ccccc2n2c(SCC(=O)NCc3ccc(F)cc3)nnc12. The van der Waals surface area contributed by atoms with Gasteiger partial charge < -0.3 is 5.32 Å². The molecule has 1 amide bonds. The van der Waals surface area contributed by atoms with Gasteiger partial charge in [0.15, 0.2) is 5.16 Å². The second-order valence-corrected chi connectivity index (χ2v) is 9.15. The van der Waals surface area contributed by atoms with E-state index in [-0.39, 0.29) is 23.0 Å². The predicted molar refractivity (Wildman–Crippen MR) is 135 cm³/mol. The van der Waals surface area contributed by atoms with Crippen molar-refractivity contribution < 1.29 is 9.18 Å². The number of thioether (sulfide) groups is 1. The number of aromatic nitrogens is 4. The average Bonchev–Trinajstić information content (AvgIpc) is 3.28. The van der Waals surface area contributed by atoms with E-state index in [2.05, 4.69) is 15.5 Å². The molecule has 1 N–H and O–H groups in total. The second kappa shape index (κ2) is 9.34. The molecule has 0 fully saturated rings. The van der Waals surface area contributed by atoms with E-state index in [0.717, 1.165) is 22.4 Å². The van der Waals surface area contributed by atoms with Crippen LogP contribution in [0.3, 0.4) is 0 Å². The number of amides is 1. The first-order chi connectivity index (χ1) is 16.9.